The standard InChI is InChI=1S/C17H30N4O3S.HI/c1-14(8-12-25(3,22)23)20-17(18-2)19-13-15(16-7-6-11-24-16)21-9-4-5-10-21;/h6-7,11,14-15H,4-5,8-10,12-13H2,1-3H3,(H2,18,19,20);1H. The zero-order valence-corrected chi connectivity index (χ0v) is 18.9. The molecule has 0 aromatic carbocycles. The smallest absolute Gasteiger partial charge is 0.191 e. The molecule has 1 aromatic heterocycles. The number of guanidine groups is 1. The fourth-order valence-corrected chi connectivity index (χ4v) is 3.81. The van der Waals surface area contributed by atoms with Gasteiger partial charge in [-0.25, -0.2) is 8.42 Å². The number of furan rings is 1. The van der Waals surface area contributed by atoms with E-state index in [4.69, 9.17) is 4.42 Å². The van der Waals surface area contributed by atoms with E-state index in [1.807, 2.05) is 19.1 Å². The Kier molecular flexibility index (Phi) is 9.94. The summed E-state index contributed by atoms with van der Waals surface area (Å²) in [5.74, 6) is 1.80. The predicted octanol–water partition coefficient (Wildman–Crippen LogP) is 2.02. The molecule has 0 spiro atoms. The normalized spacial score (nSPS) is 18.2. The van der Waals surface area contributed by atoms with Crippen LogP contribution in [0.3, 0.4) is 0 Å². The lowest BCUT2D eigenvalue weighted by Gasteiger charge is -2.27. The third-order valence-electron chi connectivity index (χ3n) is 4.44. The Labute approximate surface area is 173 Å². The molecule has 1 aliphatic heterocycles. The van der Waals surface area contributed by atoms with Gasteiger partial charge in [-0.05, 0) is 51.4 Å². The summed E-state index contributed by atoms with van der Waals surface area (Å²) in [6.07, 6.45) is 5.95. The van der Waals surface area contributed by atoms with Crippen LogP contribution in [0, 0.1) is 0 Å². The molecule has 7 nitrogen and oxygen atoms in total. The Hall–Kier alpha value is -0.810. The SMILES string of the molecule is CN=C(NCC(c1ccco1)N1CCCC1)NC(C)CCS(C)(=O)=O.I. The van der Waals surface area contributed by atoms with Gasteiger partial charge in [0.2, 0.25) is 0 Å². The van der Waals surface area contributed by atoms with E-state index < -0.39 is 9.84 Å². The number of halogens is 1. The molecule has 0 saturated carbocycles. The van der Waals surface area contributed by atoms with Gasteiger partial charge in [-0.15, -0.1) is 24.0 Å². The average Bonchev–Trinajstić information content (AvgIpc) is 3.25. The number of hydrogen-bond donors (Lipinski definition) is 2. The molecule has 0 aliphatic carbocycles. The van der Waals surface area contributed by atoms with E-state index in [0.717, 1.165) is 18.8 Å². The van der Waals surface area contributed by atoms with Crippen molar-refractivity contribution < 1.29 is 12.8 Å². The number of nitrogens with one attached hydrogen (secondary N) is 2. The minimum Gasteiger partial charge on any atom is -0.468 e. The molecule has 150 valence electrons. The highest BCUT2D eigenvalue weighted by Crippen LogP contribution is 2.24. The maximum absolute atomic E-state index is 11.3. The first kappa shape index (κ1) is 23.2. The second-order valence-electron chi connectivity index (χ2n) is 6.69. The first-order valence-corrected chi connectivity index (χ1v) is 10.9. The number of nitrogens with zero attached hydrogens (tertiary/aromatic N) is 2. The van der Waals surface area contributed by atoms with Gasteiger partial charge in [0, 0.05) is 25.9 Å². The first-order valence-electron chi connectivity index (χ1n) is 8.81. The van der Waals surface area contributed by atoms with Crippen molar-refractivity contribution in [1.82, 2.24) is 15.5 Å². The summed E-state index contributed by atoms with van der Waals surface area (Å²) in [6.45, 7) is 4.79. The molecule has 2 rings (SSSR count). The molecule has 1 saturated heterocycles. The van der Waals surface area contributed by atoms with Crippen LogP contribution in [0.25, 0.3) is 0 Å². The van der Waals surface area contributed by atoms with Crippen molar-refractivity contribution in [3.8, 4) is 0 Å². The zero-order valence-electron chi connectivity index (χ0n) is 15.8. The predicted molar refractivity (Wildman–Crippen MR) is 116 cm³/mol. The Morgan fingerprint density at radius 2 is 2.08 bits per heavy atom. The summed E-state index contributed by atoms with van der Waals surface area (Å²) >= 11 is 0. The summed E-state index contributed by atoms with van der Waals surface area (Å²) in [5.41, 5.74) is 0. The van der Waals surface area contributed by atoms with Gasteiger partial charge < -0.3 is 15.1 Å². The van der Waals surface area contributed by atoms with E-state index in [2.05, 4.69) is 20.5 Å². The van der Waals surface area contributed by atoms with Gasteiger partial charge in [0.15, 0.2) is 5.96 Å². The fraction of sp³-hybridized carbons (Fsp3) is 0.706. The molecule has 26 heavy (non-hydrogen) atoms. The molecule has 1 aromatic rings. The Bertz CT molecular complexity index is 643. The maximum Gasteiger partial charge on any atom is 0.191 e. The van der Waals surface area contributed by atoms with E-state index in [-0.39, 0.29) is 41.8 Å². The van der Waals surface area contributed by atoms with Crippen LogP contribution < -0.4 is 10.6 Å². The second-order valence-corrected chi connectivity index (χ2v) is 8.95. The van der Waals surface area contributed by atoms with Crippen LogP contribution in [0.5, 0.6) is 0 Å². The van der Waals surface area contributed by atoms with Gasteiger partial charge in [-0.1, -0.05) is 0 Å². The van der Waals surface area contributed by atoms with E-state index in [0.29, 0.717) is 18.9 Å². The quantitative estimate of drug-likeness (QED) is 0.324. The number of aliphatic imine (C=N–C) groups is 1. The molecular formula is C17H31IN4O3S. The number of hydrogen-bond acceptors (Lipinski definition) is 5. The molecular weight excluding hydrogens is 467 g/mol. The number of sulfone groups is 1. The van der Waals surface area contributed by atoms with Crippen LogP contribution in [-0.4, -0.2) is 64.0 Å². The summed E-state index contributed by atoms with van der Waals surface area (Å²) in [5, 5.41) is 6.61. The van der Waals surface area contributed by atoms with E-state index in [1.54, 1.807) is 13.3 Å². The molecule has 2 atom stereocenters. The molecule has 2 unspecified atom stereocenters. The lowest BCUT2D eigenvalue weighted by atomic mass is 10.2. The highest BCUT2D eigenvalue weighted by molar-refractivity contribution is 14.0. The summed E-state index contributed by atoms with van der Waals surface area (Å²) in [6, 6.07) is 4.12. The maximum atomic E-state index is 11.3. The third-order valence-corrected chi connectivity index (χ3v) is 5.42. The van der Waals surface area contributed by atoms with Crippen molar-refractivity contribution in [2.75, 3.05) is 38.7 Å². The van der Waals surface area contributed by atoms with Gasteiger partial charge in [-0.2, -0.15) is 0 Å². The highest BCUT2D eigenvalue weighted by Gasteiger charge is 2.25. The Morgan fingerprint density at radius 1 is 1.38 bits per heavy atom. The molecule has 1 aliphatic rings. The van der Waals surface area contributed by atoms with E-state index >= 15 is 0 Å². The van der Waals surface area contributed by atoms with Gasteiger partial charge in [0.1, 0.15) is 15.6 Å². The Morgan fingerprint density at radius 3 is 2.62 bits per heavy atom. The largest absolute Gasteiger partial charge is 0.468 e. The van der Waals surface area contributed by atoms with Crippen molar-refractivity contribution in [3.05, 3.63) is 24.2 Å². The van der Waals surface area contributed by atoms with Gasteiger partial charge in [0.25, 0.3) is 0 Å². The lowest BCUT2D eigenvalue weighted by Crippen LogP contribution is -2.45. The minimum atomic E-state index is -2.95. The molecule has 2 N–H and O–H groups in total. The van der Waals surface area contributed by atoms with Crippen molar-refractivity contribution in [3.63, 3.8) is 0 Å². The van der Waals surface area contributed by atoms with Crippen molar-refractivity contribution in [2.45, 2.75) is 38.3 Å². The molecule has 2 heterocycles. The van der Waals surface area contributed by atoms with Crippen LogP contribution >= 0.6 is 24.0 Å². The summed E-state index contributed by atoms with van der Waals surface area (Å²) < 4.78 is 28.2. The molecule has 1 fully saturated rings. The highest BCUT2D eigenvalue weighted by atomic mass is 127. The first-order chi connectivity index (χ1) is 11.9. The molecule has 0 amide bonds. The summed E-state index contributed by atoms with van der Waals surface area (Å²) in [7, 11) is -1.23. The average molecular weight is 498 g/mol. The van der Waals surface area contributed by atoms with Gasteiger partial charge in [-0.3, -0.25) is 9.89 Å². The van der Waals surface area contributed by atoms with Gasteiger partial charge in [0.05, 0.1) is 18.1 Å². The minimum absolute atomic E-state index is 0. The second kappa shape index (κ2) is 11.1. The lowest BCUT2D eigenvalue weighted by molar-refractivity contribution is 0.215. The fourth-order valence-electron chi connectivity index (χ4n) is 3.03. The third kappa shape index (κ3) is 7.83. The van der Waals surface area contributed by atoms with Crippen LogP contribution in [0.2, 0.25) is 0 Å². The van der Waals surface area contributed by atoms with Crippen LogP contribution in [0.1, 0.15) is 38.0 Å². The van der Waals surface area contributed by atoms with Crippen LogP contribution in [-0.2, 0) is 9.84 Å². The molecule has 9 heteroatoms. The van der Waals surface area contributed by atoms with Crippen molar-refractivity contribution in [2.24, 2.45) is 4.99 Å². The zero-order chi connectivity index (χ0) is 18.3. The topological polar surface area (TPSA) is 86.9 Å². The van der Waals surface area contributed by atoms with E-state index in [9.17, 15) is 8.42 Å². The number of likely N-dealkylation sites (tertiary alicyclic amines) is 1. The summed E-state index contributed by atoms with van der Waals surface area (Å²) in [4.78, 5) is 6.67. The van der Waals surface area contributed by atoms with E-state index in [1.165, 1.54) is 19.1 Å². The van der Waals surface area contributed by atoms with Crippen molar-refractivity contribution in [1.29, 1.82) is 0 Å². The molecule has 0 radical (unpaired) electrons. The monoisotopic (exact) mass is 498 g/mol. The van der Waals surface area contributed by atoms with Crippen LogP contribution in [0.15, 0.2) is 27.8 Å². The van der Waals surface area contributed by atoms with Gasteiger partial charge >= 0.3 is 0 Å². The van der Waals surface area contributed by atoms with Crippen LogP contribution in [0.4, 0.5) is 0 Å². The van der Waals surface area contributed by atoms with Crippen molar-refractivity contribution >= 4 is 39.8 Å². The number of rotatable bonds is 8. The Balaban J connectivity index is 0.00000338. The molecule has 0 bridgehead atoms.